The van der Waals surface area contributed by atoms with Crippen molar-refractivity contribution in [2.24, 2.45) is 5.92 Å². The van der Waals surface area contributed by atoms with Crippen LogP contribution in [0.15, 0.2) is 30.3 Å². The quantitative estimate of drug-likeness (QED) is 0.576. The predicted octanol–water partition coefficient (Wildman–Crippen LogP) is 3.33. The van der Waals surface area contributed by atoms with Crippen molar-refractivity contribution in [1.82, 2.24) is 4.57 Å². The number of fused-ring (bicyclic) bond motifs is 1. The molecule has 6 heteroatoms. The SMILES string of the molecule is Cc1cc(C(=O)COC(=O)C(C)C)c(C)n1CC1COc2ccccc2O1. The molecule has 0 amide bonds. The normalized spacial score (nSPS) is 15.7. The van der Waals surface area contributed by atoms with E-state index in [9.17, 15) is 9.59 Å². The van der Waals surface area contributed by atoms with Gasteiger partial charge >= 0.3 is 5.97 Å². The fourth-order valence-corrected chi connectivity index (χ4v) is 3.10. The number of benzene rings is 1. The molecule has 0 spiro atoms. The highest BCUT2D eigenvalue weighted by Crippen LogP contribution is 2.31. The number of nitrogens with zero attached hydrogens (tertiary/aromatic N) is 1. The molecule has 0 fully saturated rings. The van der Waals surface area contributed by atoms with Crippen LogP contribution in [0, 0.1) is 19.8 Å². The van der Waals surface area contributed by atoms with Crippen LogP contribution >= 0.6 is 0 Å². The zero-order chi connectivity index (χ0) is 19.6. The summed E-state index contributed by atoms with van der Waals surface area (Å²) in [6.07, 6.45) is -0.147. The highest BCUT2D eigenvalue weighted by Gasteiger charge is 2.24. The molecule has 1 aromatic carbocycles. The van der Waals surface area contributed by atoms with Crippen LogP contribution in [0.3, 0.4) is 0 Å². The van der Waals surface area contributed by atoms with E-state index in [1.807, 2.05) is 48.7 Å². The Balaban J connectivity index is 1.69. The van der Waals surface area contributed by atoms with Gasteiger partial charge in [-0.05, 0) is 32.0 Å². The third-order valence-electron chi connectivity index (χ3n) is 4.64. The Labute approximate surface area is 159 Å². The molecule has 0 saturated carbocycles. The monoisotopic (exact) mass is 371 g/mol. The lowest BCUT2D eigenvalue weighted by molar-refractivity contribution is -0.146. The van der Waals surface area contributed by atoms with Crippen molar-refractivity contribution in [3.63, 3.8) is 0 Å². The first-order valence-corrected chi connectivity index (χ1v) is 9.12. The molecule has 0 N–H and O–H groups in total. The van der Waals surface area contributed by atoms with Crippen LogP contribution in [0.4, 0.5) is 0 Å². The van der Waals surface area contributed by atoms with E-state index >= 15 is 0 Å². The van der Waals surface area contributed by atoms with Crippen LogP contribution in [0.5, 0.6) is 11.5 Å². The average molecular weight is 371 g/mol. The number of hydrogen-bond acceptors (Lipinski definition) is 5. The number of carbonyl (C=O) groups is 2. The molecule has 2 aromatic rings. The van der Waals surface area contributed by atoms with Crippen molar-refractivity contribution in [2.75, 3.05) is 13.2 Å². The molecular formula is C21H25NO5. The molecule has 1 atom stereocenters. The number of aryl methyl sites for hydroxylation is 1. The summed E-state index contributed by atoms with van der Waals surface area (Å²) in [6, 6.07) is 9.42. The Morgan fingerprint density at radius 3 is 2.63 bits per heavy atom. The van der Waals surface area contributed by atoms with Crippen LogP contribution in [-0.4, -0.2) is 35.6 Å². The number of Topliss-reactive ketones (excluding diaryl/α,β-unsaturated/α-hetero) is 1. The largest absolute Gasteiger partial charge is 0.486 e. The van der Waals surface area contributed by atoms with Crippen molar-refractivity contribution in [1.29, 1.82) is 0 Å². The second-order valence-electron chi connectivity index (χ2n) is 7.08. The summed E-state index contributed by atoms with van der Waals surface area (Å²) in [6.45, 7) is 8.10. The van der Waals surface area contributed by atoms with E-state index in [1.165, 1.54) is 0 Å². The molecule has 6 nitrogen and oxygen atoms in total. The van der Waals surface area contributed by atoms with E-state index in [-0.39, 0.29) is 30.4 Å². The van der Waals surface area contributed by atoms with Gasteiger partial charge in [-0.1, -0.05) is 26.0 Å². The van der Waals surface area contributed by atoms with Gasteiger partial charge in [0.2, 0.25) is 5.78 Å². The third kappa shape index (κ3) is 4.15. The van der Waals surface area contributed by atoms with Crippen molar-refractivity contribution in [3.05, 3.63) is 47.3 Å². The molecule has 3 rings (SSSR count). The number of rotatable bonds is 6. The Bertz CT molecular complexity index is 852. The Hall–Kier alpha value is -2.76. The number of ketones is 1. The maximum Gasteiger partial charge on any atom is 0.308 e. The molecule has 1 aliphatic rings. The summed E-state index contributed by atoms with van der Waals surface area (Å²) < 4.78 is 18.9. The summed E-state index contributed by atoms with van der Waals surface area (Å²) in [5.41, 5.74) is 2.36. The van der Waals surface area contributed by atoms with Gasteiger partial charge in [0.15, 0.2) is 24.2 Å². The topological polar surface area (TPSA) is 66.8 Å². The fraction of sp³-hybridized carbons (Fsp3) is 0.429. The lowest BCUT2D eigenvalue weighted by Gasteiger charge is -2.27. The predicted molar refractivity (Wildman–Crippen MR) is 100 cm³/mol. The molecule has 1 aliphatic heterocycles. The molecule has 144 valence electrons. The molecule has 0 bridgehead atoms. The second-order valence-corrected chi connectivity index (χ2v) is 7.08. The van der Waals surface area contributed by atoms with E-state index in [0.29, 0.717) is 18.7 Å². The first-order valence-electron chi connectivity index (χ1n) is 9.12. The van der Waals surface area contributed by atoms with Crippen molar-refractivity contribution in [2.45, 2.75) is 40.3 Å². The van der Waals surface area contributed by atoms with Gasteiger partial charge in [0, 0.05) is 17.0 Å². The van der Waals surface area contributed by atoms with Crippen molar-refractivity contribution in [3.8, 4) is 11.5 Å². The standard InChI is InChI=1S/C21H25NO5/c1-13(2)21(24)26-12-18(23)17-9-14(3)22(15(17)4)10-16-11-25-19-7-5-6-8-20(19)27-16/h5-9,13,16H,10-12H2,1-4H3. The van der Waals surface area contributed by atoms with Gasteiger partial charge in [-0.3, -0.25) is 9.59 Å². The van der Waals surface area contributed by atoms with Crippen LogP contribution < -0.4 is 9.47 Å². The number of para-hydroxylation sites is 2. The minimum Gasteiger partial charge on any atom is -0.486 e. The highest BCUT2D eigenvalue weighted by molar-refractivity contribution is 5.99. The van der Waals surface area contributed by atoms with Crippen LogP contribution in [-0.2, 0) is 16.1 Å². The van der Waals surface area contributed by atoms with Gasteiger partial charge in [0.25, 0.3) is 0 Å². The molecule has 1 aromatic heterocycles. The van der Waals surface area contributed by atoms with Gasteiger partial charge in [-0.25, -0.2) is 0 Å². The Kier molecular flexibility index (Phi) is 5.54. The average Bonchev–Trinajstić information content (AvgIpc) is 2.94. The Morgan fingerprint density at radius 1 is 1.22 bits per heavy atom. The van der Waals surface area contributed by atoms with Gasteiger partial charge < -0.3 is 18.8 Å². The number of esters is 1. The van der Waals surface area contributed by atoms with Gasteiger partial charge in [-0.2, -0.15) is 0 Å². The van der Waals surface area contributed by atoms with E-state index in [2.05, 4.69) is 0 Å². The maximum atomic E-state index is 12.5. The number of carbonyl (C=O) groups excluding carboxylic acids is 2. The molecule has 1 unspecified atom stereocenters. The Morgan fingerprint density at radius 2 is 1.93 bits per heavy atom. The van der Waals surface area contributed by atoms with E-state index in [0.717, 1.165) is 22.9 Å². The highest BCUT2D eigenvalue weighted by atomic mass is 16.6. The van der Waals surface area contributed by atoms with Gasteiger partial charge in [-0.15, -0.1) is 0 Å². The molecule has 0 radical (unpaired) electrons. The lowest BCUT2D eigenvalue weighted by Crippen LogP contribution is -2.33. The van der Waals surface area contributed by atoms with Crippen LogP contribution in [0.25, 0.3) is 0 Å². The summed E-state index contributed by atoms with van der Waals surface area (Å²) in [4.78, 5) is 24.1. The van der Waals surface area contributed by atoms with Gasteiger partial charge in [0.05, 0.1) is 12.5 Å². The van der Waals surface area contributed by atoms with E-state index < -0.39 is 0 Å². The minimum absolute atomic E-state index is 0.147. The van der Waals surface area contributed by atoms with Crippen LogP contribution in [0.1, 0.15) is 35.6 Å². The number of ether oxygens (including phenoxy) is 3. The molecule has 0 aliphatic carbocycles. The van der Waals surface area contributed by atoms with E-state index in [4.69, 9.17) is 14.2 Å². The minimum atomic E-state index is -0.372. The first kappa shape index (κ1) is 19.0. The van der Waals surface area contributed by atoms with Crippen molar-refractivity contribution >= 4 is 11.8 Å². The lowest BCUT2D eigenvalue weighted by atomic mass is 10.1. The van der Waals surface area contributed by atoms with Crippen molar-refractivity contribution < 1.29 is 23.8 Å². The summed E-state index contributed by atoms with van der Waals surface area (Å²) in [5, 5.41) is 0. The second kappa shape index (κ2) is 7.86. The van der Waals surface area contributed by atoms with E-state index in [1.54, 1.807) is 13.8 Å². The smallest absolute Gasteiger partial charge is 0.308 e. The molecule has 27 heavy (non-hydrogen) atoms. The number of hydrogen-bond donors (Lipinski definition) is 0. The summed E-state index contributed by atoms with van der Waals surface area (Å²) in [5.74, 6) is 0.653. The zero-order valence-electron chi connectivity index (χ0n) is 16.2. The third-order valence-corrected chi connectivity index (χ3v) is 4.64. The fourth-order valence-electron chi connectivity index (χ4n) is 3.10. The molecular weight excluding hydrogens is 346 g/mol. The molecule has 2 heterocycles. The summed E-state index contributed by atoms with van der Waals surface area (Å²) in [7, 11) is 0. The number of aromatic nitrogens is 1. The zero-order valence-corrected chi connectivity index (χ0v) is 16.2. The molecule has 0 saturated heterocycles. The van der Waals surface area contributed by atoms with Gasteiger partial charge in [0.1, 0.15) is 6.61 Å². The first-order chi connectivity index (χ1) is 12.9. The summed E-state index contributed by atoms with van der Waals surface area (Å²) >= 11 is 0. The maximum absolute atomic E-state index is 12.5. The van der Waals surface area contributed by atoms with Crippen LogP contribution in [0.2, 0.25) is 0 Å².